The first-order valence-corrected chi connectivity index (χ1v) is 11.2. The average molecular weight is 579 g/mol. The molecule has 0 aliphatic carbocycles. The Hall–Kier alpha value is -3.11. The molecule has 1 aliphatic rings. The number of carbonyl (C=O) groups is 2. The van der Waals surface area contributed by atoms with Crippen LogP contribution in [-0.2, 0) is 11.4 Å². The lowest BCUT2D eigenvalue weighted by Gasteiger charge is -2.14. The fourth-order valence-corrected chi connectivity index (χ4v) is 4.25. The molecule has 0 aromatic heterocycles. The normalized spacial score (nSPS) is 14.5. The second kappa shape index (κ2) is 9.80. The number of ether oxygens (including phenoxy) is 2. The second-order valence-electron chi connectivity index (χ2n) is 7.02. The van der Waals surface area contributed by atoms with Crippen molar-refractivity contribution in [2.24, 2.45) is 0 Å². The van der Waals surface area contributed by atoms with Gasteiger partial charge in [-0.05, 0) is 70.6 Å². The molecule has 1 N–H and O–H groups in total. The molecule has 6 nitrogen and oxygen atoms in total. The number of halogens is 3. The SMILES string of the molecule is COc1cc(/C=C2/NC(=O)N(c3cccc(Cl)c3)C2=O)cc(I)c1OCc1ccccc1F. The fraction of sp³-hybridized carbons (Fsp3) is 0.0833. The predicted octanol–water partition coefficient (Wildman–Crippen LogP) is 5.77. The third-order valence-corrected chi connectivity index (χ3v) is 5.87. The van der Waals surface area contributed by atoms with Gasteiger partial charge in [0.15, 0.2) is 11.5 Å². The lowest BCUT2D eigenvalue weighted by atomic mass is 10.1. The minimum absolute atomic E-state index is 0.0304. The zero-order chi connectivity index (χ0) is 23.5. The monoisotopic (exact) mass is 578 g/mol. The standard InChI is InChI=1S/C24H17ClFIN2O4/c1-32-21-11-14(9-19(27)22(21)33-13-15-5-2-3-8-18(15)26)10-20-23(30)29(24(31)28-20)17-7-4-6-16(25)12-17/h2-12H,13H2,1H3,(H,28,31)/b20-10+. The van der Waals surface area contributed by atoms with E-state index >= 15 is 0 Å². The highest BCUT2D eigenvalue weighted by Crippen LogP contribution is 2.35. The van der Waals surface area contributed by atoms with Gasteiger partial charge >= 0.3 is 6.03 Å². The van der Waals surface area contributed by atoms with Crippen LogP contribution in [0.5, 0.6) is 11.5 Å². The number of anilines is 1. The highest BCUT2D eigenvalue weighted by atomic mass is 127. The molecule has 0 bridgehead atoms. The molecule has 1 saturated heterocycles. The molecule has 33 heavy (non-hydrogen) atoms. The number of rotatable bonds is 6. The topological polar surface area (TPSA) is 67.9 Å². The van der Waals surface area contributed by atoms with Gasteiger partial charge in [0.05, 0.1) is 16.4 Å². The van der Waals surface area contributed by atoms with Crippen molar-refractivity contribution in [1.29, 1.82) is 0 Å². The number of amides is 3. The Balaban J connectivity index is 1.59. The zero-order valence-electron chi connectivity index (χ0n) is 17.3. The van der Waals surface area contributed by atoms with E-state index in [1.54, 1.807) is 54.6 Å². The van der Waals surface area contributed by atoms with Crippen LogP contribution in [0.15, 0.2) is 66.4 Å². The van der Waals surface area contributed by atoms with Crippen molar-refractivity contribution in [3.8, 4) is 11.5 Å². The molecule has 1 aliphatic heterocycles. The van der Waals surface area contributed by atoms with Crippen LogP contribution < -0.4 is 19.7 Å². The fourth-order valence-electron chi connectivity index (χ4n) is 3.28. The van der Waals surface area contributed by atoms with Gasteiger partial charge < -0.3 is 14.8 Å². The van der Waals surface area contributed by atoms with Crippen LogP contribution in [0.4, 0.5) is 14.9 Å². The van der Waals surface area contributed by atoms with Crippen molar-refractivity contribution in [1.82, 2.24) is 5.32 Å². The van der Waals surface area contributed by atoms with E-state index in [9.17, 15) is 14.0 Å². The maximum Gasteiger partial charge on any atom is 0.333 e. The molecule has 0 unspecified atom stereocenters. The number of nitrogens with one attached hydrogen (secondary N) is 1. The summed E-state index contributed by atoms with van der Waals surface area (Å²) in [6, 6.07) is 15.7. The predicted molar refractivity (Wildman–Crippen MR) is 132 cm³/mol. The van der Waals surface area contributed by atoms with Gasteiger partial charge in [-0.15, -0.1) is 0 Å². The summed E-state index contributed by atoms with van der Waals surface area (Å²) in [7, 11) is 1.49. The Bertz CT molecular complexity index is 1280. The molecule has 0 saturated carbocycles. The highest BCUT2D eigenvalue weighted by molar-refractivity contribution is 14.1. The Labute approximate surface area is 208 Å². The van der Waals surface area contributed by atoms with Gasteiger partial charge in [-0.3, -0.25) is 4.79 Å². The van der Waals surface area contributed by atoms with E-state index in [0.717, 1.165) is 4.90 Å². The number of hydrogen-bond donors (Lipinski definition) is 1. The summed E-state index contributed by atoms with van der Waals surface area (Å²) in [6.07, 6.45) is 1.55. The Morgan fingerprint density at radius 3 is 2.64 bits per heavy atom. The number of nitrogens with zero attached hydrogens (tertiary/aromatic N) is 1. The van der Waals surface area contributed by atoms with Gasteiger partial charge in [-0.25, -0.2) is 14.1 Å². The van der Waals surface area contributed by atoms with Crippen molar-refractivity contribution in [2.45, 2.75) is 6.61 Å². The first-order chi connectivity index (χ1) is 15.9. The molecule has 0 radical (unpaired) electrons. The average Bonchev–Trinajstić information content (AvgIpc) is 3.06. The third-order valence-electron chi connectivity index (χ3n) is 4.84. The van der Waals surface area contributed by atoms with E-state index in [4.69, 9.17) is 21.1 Å². The second-order valence-corrected chi connectivity index (χ2v) is 8.62. The van der Waals surface area contributed by atoms with Crippen molar-refractivity contribution < 1.29 is 23.5 Å². The molecule has 3 aromatic carbocycles. The van der Waals surface area contributed by atoms with Gasteiger partial charge in [0.1, 0.15) is 18.1 Å². The maximum absolute atomic E-state index is 13.9. The Kier molecular flexibility index (Phi) is 6.85. The summed E-state index contributed by atoms with van der Waals surface area (Å²) in [5, 5.41) is 3.00. The van der Waals surface area contributed by atoms with Crippen LogP contribution in [-0.4, -0.2) is 19.0 Å². The van der Waals surface area contributed by atoms with E-state index < -0.39 is 11.9 Å². The summed E-state index contributed by atoms with van der Waals surface area (Å²) < 4.78 is 25.9. The molecule has 3 aromatic rings. The van der Waals surface area contributed by atoms with Gasteiger partial charge in [-0.2, -0.15) is 0 Å². The smallest absolute Gasteiger partial charge is 0.333 e. The van der Waals surface area contributed by atoms with Gasteiger partial charge in [0.2, 0.25) is 0 Å². The van der Waals surface area contributed by atoms with Crippen molar-refractivity contribution in [3.63, 3.8) is 0 Å². The van der Waals surface area contributed by atoms with Crippen LogP contribution in [0.2, 0.25) is 5.02 Å². The largest absolute Gasteiger partial charge is 0.493 e. The summed E-state index contributed by atoms with van der Waals surface area (Å²) >= 11 is 8.07. The van der Waals surface area contributed by atoms with E-state index in [0.29, 0.717) is 36.9 Å². The van der Waals surface area contributed by atoms with Crippen LogP contribution in [0.1, 0.15) is 11.1 Å². The quantitative estimate of drug-likeness (QED) is 0.229. The molecule has 1 fully saturated rings. The minimum Gasteiger partial charge on any atom is -0.493 e. The van der Waals surface area contributed by atoms with Gasteiger partial charge in [0.25, 0.3) is 5.91 Å². The summed E-state index contributed by atoms with van der Waals surface area (Å²) in [6.45, 7) is 0.0304. The van der Waals surface area contributed by atoms with Crippen LogP contribution in [0.25, 0.3) is 6.08 Å². The third kappa shape index (κ3) is 4.96. The summed E-state index contributed by atoms with van der Waals surface area (Å²) in [5.41, 5.74) is 1.52. The van der Waals surface area contributed by atoms with E-state index in [-0.39, 0.29) is 18.1 Å². The minimum atomic E-state index is -0.569. The van der Waals surface area contributed by atoms with E-state index in [1.165, 1.54) is 19.2 Å². The van der Waals surface area contributed by atoms with Crippen LogP contribution >= 0.6 is 34.2 Å². The molecular formula is C24H17ClFIN2O4. The molecular weight excluding hydrogens is 562 g/mol. The number of hydrogen-bond acceptors (Lipinski definition) is 4. The van der Waals surface area contributed by atoms with Gasteiger partial charge in [0, 0.05) is 10.6 Å². The number of carbonyl (C=O) groups excluding carboxylic acids is 2. The number of benzene rings is 3. The van der Waals surface area contributed by atoms with Crippen LogP contribution in [0.3, 0.4) is 0 Å². The molecule has 1 heterocycles. The lowest BCUT2D eigenvalue weighted by molar-refractivity contribution is -0.113. The first-order valence-electron chi connectivity index (χ1n) is 9.74. The van der Waals surface area contributed by atoms with Gasteiger partial charge in [-0.1, -0.05) is 35.9 Å². The number of urea groups is 1. The molecule has 9 heteroatoms. The molecule has 0 atom stereocenters. The molecule has 4 rings (SSSR count). The first kappa shape index (κ1) is 23.1. The number of imide groups is 1. The van der Waals surface area contributed by atoms with Crippen LogP contribution in [0, 0.1) is 9.39 Å². The summed E-state index contributed by atoms with van der Waals surface area (Å²) in [5.74, 6) is 0.00287. The van der Waals surface area contributed by atoms with E-state index in [2.05, 4.69) is 27.9 Å². The lowest BCUT2D eigenvalue weighted by Crippen LogP contribution is -2.30. The van der Waals surface area contributed by atoms with Crippen molar-refractivity contribution >= 4 is 57.9 Å². The summed E-state index contributed by atoms with van der Waals surface area (Å²) in [4.78, 5) is 26.3. The van der Waals surface area contributed by atoms with E-state index in [1.807, 2.05) is 0 Å². The Morgan fingerprint density at radius 1 is 1.12 bits per heavy atom. The molecule has 168 valence electrons. The Morgan fingerprint density at radius 2 is 1.91 bits per heavy atom. The molecule has 0 spiro atoms. The molecule has 3 amide bonds. The van der Waals surface area contributed by atoms with Crippen molar-refractivity contribution in [3.05, 3.63) is 91.9 Å². The number of methoxy groups -OCH3 is 1. The van der Waals surface area contributed by atoms with Crippen molar-refractivity contribution in [2.75, 3.05) is 12.0 Å². The maximum atomic E-state index is 13.9. The zero-order valence-corrected chi connectivity index (χ0v) is 20.2. The highest BCUT2D eigenvalue weighted by Gasteiger charge is 2.35.